The molecule has 5 nitrogen and oxygen atoms in total. The van der Waals surface area contributed by atoms with E-state index in [1.54, 1.807) is 0 Å². The van der Waals surface area contributed by atoms with Crippen molar-refractivity contribution in [2.24, 2.45) is 0 Å². The molecule has 0 saturated carbocycles. The van der Waals surface area contributed by atoms with Crippen molar-refractivity contribution in [3.8, 4) is 0 Å². The summed E-state index contributed by atoms with van der Waals surface area (Å²) in [5, 5.41) is 0. The number of piperidine rings is 1. The highest BCUT2D eigenvalue weighted by Gasteiger charge is 2.40. The number of ether oxygens (including phenoxy) is 1. The van der Waals surface area contributed by atoms with Gasteiger partial charge in [0.2, 0.25) is 0 Å². The van der Waals surface area contributed by atoms with Crippen LogP contribution in [0.2, 0.25) is 0 Å². The molecule has 0 radical (unpaired) electrons. The summed E-state index contributed by atoms with van der Waals surface area (Å²) in [5.74, 6) is 0.122. The lowest BCUT2D eigenvalue weighted by Gasteiger charge is -2.47. The van der Waals surface area contributed by atoms with Gasteiger partial charge >= 0.3 is 0 Å². The summed E-state index contributed by atoms with van der Waals surface area (Å²) in [6.45, 7) is 5.11. The fraction of sp³-hybridized carbons (Fsp3) is 0.455. The largest absolute Gasteiger partial charge is 0.371 e. The van der Waals surface area contributed by atoms with Gasteiger partial charge in [-0.1, -0.05) is 24.3 Å². The Hall–Kier alpha value is -2.24. The molecule has 1 aromatic carbocycles. The second-order valence-electron chi connectivity index (χ2n) is 7.58. The molecule has 0 aliphatic carbocycles. The molecule has 2 saturated heterocycles. The van der Waals surface area contributed by atoms with Crippen LogP contribution in [0.5, 0.6) is 0 Å². The number of aromatic nitrogens is 1. The SMILES string of the molecule is O=C(c1ccccc1)N1CCOC2(CCN(CCc3cccnc3)CC2)C1. The zero-order valence-electron chi connectivity index (χ0n) is 15.7. The van der Waals surface area contributed by atoms with Crippen LogP contribution in [0.25, 0.3) is 0 Å². The number of hydrogen-bond donors (Lipinski definition) is 0. The normalized spacial score (nSPS) is 19.9. The number of nitrogens with zero attached hydrogens (tertiary/aromatic N) is 3. The molecule has 0 unspecified atom stereocenters. The minimum absolute atomic E-state index is 0.122. The van der Waals surface area contributed by atoms with Gasteiger partial charge in [-0.05, 0) is 43.0 Å². The van der Waals surface area contributed by atoms with Crippen molar-refractivity contribution in [1.82, 2.24) is 14.8 Å². The lowest BCUT2D eigenvalue weighted by molar-refractivity contribution is -0.127. The van der Waals surface area contributed by atoms with E-state index in [0.717, 1.165) is 44.5 Å². The second kappa shape index (κ2) is 8.19. The van der Waals surface area contributed by atoms with Crippen LogP contribution in [0.3, 0.4) is 0 Å². The molecule has 2 aromatic rings. The molecule has 2 aliphatic rings. The van der Waals surface area contributed by atoms with Gasteiger partial charge in [-0.15, -0.1) is 0 Å². The molecular weight excluding hydrogens is 338 g/mol. The van der Waals surface area contributed by atoms with E-state index in [4.69, 9.17) is 4.74 Å². The van der Waals surface area contributed by atoms with Gasteiger partial charge in [0, 0.05) is 44.1 Å². The second-order valence-corrected chi connectivity index (χ2v) is 7.58. The van der Waals surface area contributed by atoms with Crippen LogP contribution in [0, 0.1) is 0 Å². The smallest absolute Gasteiger partial charge is 0.254 e. The third-order valence-electron chi connectivity index (χ3n) is 5.76. The maximum absolute atomic E-state index is 12.8. The maximum Gasteiger partial charge on any atom is 0.254 e. The minimum atomic E-state index is -0.173. The summed E-state index contributed by atoms with van der Waals surface area (Å²) < 4.78 is 6.20. The highest BCUT2D eigenvalue weighted by molar-refractivity contribution is 5.94. The summed E-state index contributed by atoms with van der Waals surface area (Å²) >= 11 is 0. The first-order valence-electron chi connectivity index (χ1n) is 9.84. The predicted molar refractivity (Wildman–Crippen MR) is 105 cm³/mol. The molecule has 4 rings (SSSR count). The third-order valence-corrected chi connectivity index (χ3v) is 5.76. The van der Waals surface area contributed by atoms with Gasteiger partial charge in [0.25, 0.3) is 5.91 Å². The Bertz CT molecular complexity index is 743. The summed E-state index contributed by atoms with van der Waals surface area (Å²) in [7, 11) is 0. The summed E-state index contributed by atoms with van der Waals surface area (Å²) in [4.78, 5) is 21.5. The highest BCUT2D eigenvalue weighted by atomic mass is 16.5. The number of pyridine rings is 1. The Kier molecular flexibility index (Phi) is 5.50. The molecule has 1 amide bonds. The van der Waals surface area contributed by atoms with Crippen molar-refractivity contribution < 1.29 is 9.53 Å². The molecule has 5 heteroatoms. The van der Waals surface area contributed by atoms with Crippen molar-refractivity contribution in [1.29, 1.82) is 0 Å². The van der Waals surface area contributed by atoms with Crippen LogP contribution in [0.15, 0.2) is 54.9 Å². The van der Waals surface area contributed by atoms with Gasteiger partial charge in [-0.2, -0.15) is 0 Å². The third kappa shape index (κ3) is 4.37. The minimum Gasteiger partial charge on any atom is -0.371 e. The number of hydrogen-bond acceptors (Lipinski definition) is 4. The molecule has 142 valence electrons. The molecule has 1 aromatic heterocycles. The maximum atomic E-state index is 12.8. The topological polar surface area (TPSA) is 45.7 Å². The molecule has 2 fully saturated rings. The fourth-order valence-electron chi connectivity index (χ4n) is 4.10. The first kappa shape index (κ1) is 18.1. The van der Waals surface area contributed by atoms with Crippen LogP contribution in [-0.4, -0.2) is 65.6 Å². The van der Waals surface area contributed by atoms with E-state index in [-0.39, 0.29) is 11.5 Å². The summed E-state index contributed by atoms with van der Waals surface area (Å²) in [6.07, 6.45) is 6.76. The number of likely N-dealkylation sites (tertiary alicyclic amines) is 1. The molecular formula is C22H27N3O2. The first-order chi connectivity index (χ1) is 13.2. The molecule has 0 N–H and O–H groups in total. The average Bonchev–Trinajstić information content (AvgIpc) is 2.74. The number of benzene rings is 1. The summed E-state index contributed by atoms with van der Waals surface area (Å²) in [6, 6.07) is 13.7. The van der Waals surface area contributed by atoms with E-state index in [9.17, 15) is 4.79 Å². The Balaban J connectivity index is 1.31. The Morgan fingerprint density at radius 1 is 1.07 bits per heavy atom. The van der Waals surface area contributed by atoms with E-state index < -0.39 is 0 Å². The first-order valence-corrected chi connectivity index (χ1v) is 9.84. The van der Waals surface area contributed by atoms with Crippen LogP contribution < -0.4 is 0 Å². The molecule has 0 bridgehead atoms. The van der Waals surface area contributed by atoms with Gasteiger partial charge in [0.05, 0.1) is 18.8 Å². The predicted octanol–water partition coefficient (Wildman–Crippen LogP) is 2.63. The number of morpholine rings is 1. The summed E-state index contributed by atoms with van der Waals surface area (Å²) in [5.41, 5.74) is 1.88. The Morgan fingerprint density at radius 2 is 1.89 bits per heavy atom. The lowest BCUT2D eigenvalue weighted by atomic mass is 9.89. The van der Waals surface area contributed by atoms with Crippen LogP contribution in [0.4, 0.5) is 0 Å². The Labute approximate surface area is 161 Å². The van der Waals surface area contributed by atoms with Gasteiger partial charge in [-0.25, -0.2) is 0 Å². The Morgan fingerprint density at radius 3 is 2.63 bits per heavy atom. The number of rotatable bonds is 4. The number of carbonyl (C=O) groups excluding carboxylic acids is 1. The van der Waals surface area contributed by atoms with Crippen molar-refractivity contribution in [3.05, 3.63) is 66.0 Å². The van der Waals surface area contributed by atoms with Crippen LogP contribution in [0.1, 0.15) is 28.8 Å². The van der Waals surface area contributed by atoms with Crippen LogP contribution in [-0.2, 0) is 11.2 Å². The molecule has 3 heterocycles. The molecule has 2 aliphatic heterocycles. The van der Waals surface area contributed by atoms with Crippen molar-refractivity contribution >= 4 is 5.91 Å². The van der Waals surface area contributed by atoms with Gasteiger partial charge in [-0.3, -0.25) is 9.78 Å². The molecule has 0 atom stereocenters. The van der Waals surface area contributed by atoms with E-state index >= 15 is 0 Å². The van der Waals surface area contributed by atoms with Gasteiger partial charge in [0.15, 0.2) is 0 Å². The van der Waals surface area contributed by atoms with Crippen molar-refractivity contribution in [3.63, 3.8) is 0 Å². The number of amides is 1. The monoisotopic (exact) mass is 365 g/mol. The van der Waals surface area contributed by atoms with Gasteiger partial charge < -0.3 is 14.5 Å². The van der Waals surface area contributed by atoms with Gasteiger partial charge in [0.1, 0.15) is 0 Å². The van der Waals surface area contributed by atoms with E-state index in [0.29, 0.717) is 19.7 Å². The highest BCUT2D eigenvalue weighted by Crippen LogP contribution is 2.30. The standard InChI is InChI=1S/C22H27N3O2/c26-21(20-6-2-1-3-7-20)25-15-16-27-22(18-25)9-13-24(14-10-22)12-8-19-5-4-11-23-17-19/h1-7,11,17H,8-10,12-16,18H2. The van der Waals surface area contributed by atoms with Crippen molar-refractivity contribution in [2.45, 2.75) is 24.9 Å². The zero-order valence-corrected chi connectivity index (χ0v) is 15.7. The lowest BCUT2D eigenvalue weighted by Crippen LogP contribution is -2.58. The fourth-order valence-corrected chi connectivity index (χ4v) is 4.10. The quantitative estimate of drug-likeness (QED) is 0.836. The van der Waals surface area contributed by atoms with Crippen LogP contribution >= 0.6 is 0 Å². The van der Waals surface area contributed by atoms with E-state index in [1.165, 1.54) is 5.56 Å². The average molecular weight is 365 g/mol. The van der Waals surface area contributed by atoms with Crippen molar-refractivity contribution in [2.75, 3.05) is 39.3 Å². The van der Waals surface area contributed by atoms with E-state index in [2.05, 4.69) is 16.0 Å². The molecule has 27 heavy (non-hydrogen) atoms. The molecule has 1 spiro atoms. The zero-order chi connectivity index (χ0) is 18.5. The van der Waals surface area contributed by atoms with E-state index in [1.807, 2.05) is 53.7 Å². The number of carbonyl (C=O) groups is 1.